The molecule has 548 valence electrons. The van der Waals surface area contributed by atoms with Gasteiger partial charge in [0, 0.05) is 60.6 Å². The molecular weight excluding hydrogens is 1320 g/mol. The second kappa shape index (κ2) is 36.5. The first-order chi connectivity index (χ1) is 49.1. The number of cyclic esters (lactones) is 1. The Kier molecular flexibility index (Phi) is 27.5. The number of nitrogens with zero attached hydrogens (tertiary/aromatic N) is 2. The number of nitrogens with one attached hydrogen (secondary N) is 7. The fourth-order valence-electron chi connectivity index (χ4n) is 12.9. The highest BCUT2D eigenvalue weighted by Gasteiger charge is 2.47. The molecule has 5 aromatic rings. The number of alkyl carbamates (subject to hydrolysis) is 1. The summed E-state index contributed by atoms with van der Waals surface area (Å²) in [7, 11) is 0. The van der Waals surface area contributed by atoms with Gasteiger partial charge in [0.15, 0.2) is 5.60 Å². The average molecular weight is 1410 g/mol. The lowest BCUT2D eigenvalue weighted by molar-refractivity contribution is -0.172. The van der Waals surface area contributed by atoms with Gasteiger partial charge < -0.3 is 85.8 Å². The normalized spacial score (nSPS) is 18.1. The molecule has 9 rings (SSSR count). The first kappa shape index (κ1) is 76.8. The van der Waals surface area contributed by atoms with E-state index in [-0.39, 0.29) is 113 Å². The van der Waals surface area contributed by atoms with Crippen LogP contribution < -0.4 is 48.5 Å². The van der Waals surface area contributed by atoms with E-state index in [1.54, 1.807) is 70.2 Å². The van der Waals surface area contributed by atoms with Crippen molar-refractivity contribution in [2.24, 2.45) is 11.7 Å². The van der Waals surface area contributed by atoms with Crippen molar-refractivity contribution >= 4 is 64.2 Å². The van der Waals surface area contributed by atoms with Crippen molar-refractivity contribution in [2.75, 3.05) is 77.9 Å². The molecule has 3 aromatic carbocycles. The van der Waals surface area contributed by atoms with E-state index in [4.69, 9.17) is 43.9 Å². The van der Waals surface area contributed by atoms with Gasteiger partial charge in [-0.3, -0.25) is 28.8 Å². The van der Waals surface area contributed by atoms with Crippen molar-refractivity contribution in [3.05, 3.63) is 127 Å². The van der Waals surface area contributed by atoms with E-state index in [1.165, 1.54) is 10.6 Å². The highest BCUT2D eigenvalue weighted by atomic mass is 19.1. The standard InChI is InChI=1S/C74H93FN10O17/c1-6-74(95)54-39-59-65-52(41-85(59)69(91)53(54)43-101-70(74)92)63-62-51(46(4)55(75)40-57(62)80-65)25-27-73(63,5)84-67(89)58(38-47-16-11-10-12-17-47)82-72(94)102-42-48-21-23-49(24-22-48)79-66(88)56(20-15-28-78-71(76)93)81-68(90)64(45(2)3)83-60(86)26-30-96-32-34-98-36-37-99-35-33-97-31-29-77-61(87)44-100-50-18-13-8-7-9-14-19-50/h10-12,16-17,21-24,39-40,45,50,56,58,64,95H,6-9,13,15,18,20,25-38,41-44H2,1-5H3,(H,77,87)(H,79,88)(H,81,90)(H,82,94)(H,83,86)(H,84,89)(H3,76,78,93)/t50?,56-,58-,64-,73+,74-/m0/s1. The van der Waals surface area contributed by atoms with Crippen molar-refractivity contribution < 1.29 is 81.0 Å². The van der Waals surface area contributed by atoms with Crippen molar-refractivity contribution in [3.8, 4) is 23.2 Å². The number of hydrogen-bond acceptors (Lipinski definition) is 18. The van der Waals surface area contributed by atoms with E-state index < -0.39 is 88.3 Å². The topological polar surface area (TPSA) is 367 Å². The average Bonchev–Trinajstić information content (AvgIpc) is 1.46. The van der Waals surface area contributed by atoms with Crippen molar-refractivity contribution in [3.63, 3.8) is 0 Å². The molecule has 102 heavy (non-hydrogen) atoms. The first-order valence-corrected chi connectivity index (χ1v) is 34.9. The third-order valence-electron chi connectivity index (χ3n) is 18.6. The van der Waals surface area contributed by atoms with Crippen LogP contribution in [0.4, 0.5) is 19.7 Å². The van der Waals surface area contributed by atoms with Crippen LogP contribution in [0.2, 0.25) is 0 Å². The molecule has 2 aliphatic heterocycles. The van der Waals surface area contributed by atoms with E-state index in [9.17, 15) is 48.3 Å². The van der Waals surface area contributed by atoms with E-state index >= 15 is 4.39 Å². The van der Waals surface area contributed by atoms with Gasteiger partial charge in [-0.2, -0.15) is 0 Å². The highest BCUT2D eigenvalue weighted by Crippen LogP contribution is 2.48. The Bertz CT molecular complexity index is 3970. The summed E-state index contributed by atoms with van der Waals surface area (Å²) in [6.45, 7) is 10.6. The van der Waals surface area contributed by atoms with Gasteiger partial charge in [-0.25, -0.2) is 23.8 Å². The Morgan fingerprint density at radius 3 is 2.23 bits per heavy atom. The lowest BCUT2D eigenvalue weighted by Crippen LogP contribution is -2.55. The van der Waals surface area contributed by atoms with Crippen LogP contribution in [0.25, 0.3) is 22.3 Å². The lowest BCUT2D eigenvalue weighted by atomic mass is 9.74. The van der Waals surface area contributed by atoms with Gasteiger partial charge in [-0.15, -0.1) is 5.92 Å². The number of halogens is 1. The quantitative estimate of drug-likeness (QED) is 0.0137. The monoisotopic (exact) mass is 1410 g/mol. The number of hydrogen-bond donors (Lipinski definition) is 9. The van der Waals surface area contributed by atoms with Crippen LogP contribution in [-0.2, 0) is 106 Å². The molecule has 28 heteroatoms. The molecule has 27 nitrogen and oxygen atoms in total. The molecule has 8 amide bonds. The molecule has 0 bridgehead atoms. The smallest absolute Gasteiger partial charge is 0.408 e. The second-order valence-corrected chi connectivity index (χ2v) is 26.3. The number of carbonyl (C=O) groups excluding carboxylic acids is 8. The van der Waals surface area contributed by atoms with Gasteiger partial charge in [-0.1, -0.05) is 75.6 Å². The number of amides is 8. The summed E-state index contributed by atoms with van der Waals surface area (Å²) in [6, 6.07) is 14.2. The number of anilines is 1. The van der Waals surface area contributed by atoms with Crippen molar-refractivity contribution in [1.82, 2.24) is 41.5 Å². The number of urea groups is 1. The number of esters is 1. The number of aryl methyl sites for hydroxylation is 1. The van der Waals surface area contributed by atoms with Crippen LogP contribution in [0.3, 0.4) is 0 Å². The first-order valence-electron chi connectivity index (χ1n) is 34.9. The fourth-order valence-corrected chi connectivity index (χ4v) is 12.9. The minimum absolute atomic E-state index is 0.00986. The number of benzene rings is 3. The lowest BCUT2D eigenvalue weighted by Gasteiger charge is -2.39. The Morgan fingerprint density at radius 2 is 1.52 bits per heavy atom. The van der Waals surface area contributed by atoms with Crippen LogP contribution in [-0.4, -0.2) is 159 Å². The number of aromatic nitrogens is 2. The Labute approximate surface area is 591 Å². The number of nitrogens with two attached hydrogens (primary N) is 1. The maximum atomic E-state index is 15.8. The third kappa shape index (κ3) is 20.0. The molecule has 4 heterocycles. The molecule has 0 saturated carbocycles. The molecule has 0 radical (unpaired) electrons. The minimum Gasteiger partial charge on any atom is -0.458 e. The highest BCUT2D eigenvalue weighted by molar-refractivity contribution is 5.99. The minimum atomic E-state index is -2.09. The van der Waals surface area contributed by atoms with Crippen LogP contribution in [0.5, 0.6) is 0 Å². The van der Waals surface area contributed by atoms with Gasteiger partial charge in [0.2, 0.25) is 29.5 Å². The number of aliphatic hydroxyl groups is 1. The summed E-state index contributed by atoms with van der Waals surface area (Å²) in [5.41, 5.74) is 6.58. The summed E-state index contributed by atoms with van der Waals surface area (Å²) in [6.07, 6.45) is 4.71. The SMILES string of the molecule is CC[C@@]1(O)C(=O)OCc2c1cc1n(c2=O)Cc2c-1nc1cc(F)c(C)c3c1c2[C@](C)(NC(=O)[C@H](Cc1ccccc1)NC(=O)OCc1ccc(NC(=O)[C@H](CCCNC(N)=O)NC(=O)[C@@H](NC(=O)CCOCCOCCOCCOCCNC(=O)COC2C#CCCCCC2)C(C)C)cc1)CC3. The molecule has 0 fully saturated rings. The predicted octanol–water partition coefficient (Wildman–Crippen LogP) is 5.28. The zero-order valence-electron chi connectivity index (χ0n) is 58.5. The summed E-state index contributed by atoms with van der Waals surface area (Å²) in [5.74, 6) is 1.98. The largest absolute Gasteiger partial charge is 0.458 e. The maximum Gasteiger partial charge on any atom is 0.408 e. The molecule has 6 atom stereocenters. The summed E-state index contributed by atoms with van der Waals surface area (Å²) in [4.78, 5) is 126. The molecule has 0 spiro atoms. The number of primary amides is 1. The van der Waals surface area contributed by atoms with Crippen molar-refractivity contribution in [1.29, 1.82) is 0 Å². The molecule has 0 saturated heterocycles. The Hall–Kier alpha value is -9.37. The molecule has 2 aromatic heterocycles. The molecule has 2 aliphatic carbocycles. The van der Waals surface area contributed by atoms with Crippen LogP contribution in [0.15, 0.2) is 71.5 Å². The zero-order valence-corrected chi connectivity index (χ0v) is 58.5. The van der Waals surface area contributed by atoms with Crippen LogP contribution in [0, 0.1) is 30.5 Å². The summed E-state index contributed by atoms with van der Waals surface area (Å²) < 4.78 is 56.1. The van der Waals surface area contributed by atoms with Crippen LogP contribution in [0.1, 0.15) is 136 Å². The number of fused-ring (bicyclic) bond motifs is 5. The Balaban J connectivity index is 0.739. The van der Waals surface area contributed by atoms with E-state index in [0.717, 1.165) is 37.7 Å². The molecule has 10 N–H and O–H groups in total. The predicted molar refractivity (Wildman–Crippen MR) is 372 cm³/mol. The third-order valence-corrected chi connectivity index (χ3v) is 18.6. The number of pyridine rings is 2. The molecule has 1 unspecified atom stereocenters. The summed E-state index contributed by atoms with van der Waals surface area (Å²) >= 11 is 0. The Morgan fingerprint density at radius 1 is 0.804 bits per heavy atom. The number of ether oxygens (including phenoxy) is 7. The van der Waals surface area contributed by atoms with Gasteiger partial charge in [-0.05, 0) is 117 Å². The van der Waals surface area contributed by atoms with Gasteiger partial charge >= 0.3 is 18.1 Å². The fraction of sp³-hybridized carbons (Fsp3) is 0.514. The maximum absolute atomic E-state index is 15.8. The van der Waals surface area contributed by atoms with Crippen molar-refractivity contribution in [2.45, 2.75) is 167 Å². The summed E-state index contributed by atoms with van der Waals surface area (Å²) in [5, 5.41) is 31.8. The zero-order chi connectivity index (χ0) is 72.9. The van der Waals surface area contributed by atoms with E-state index in [2.05, 4.69) is 49.1 Å². The van der Waals surface area contributed by atoms with Gasteiger partial charge in [0.1, 0.15) is 49.9 Å². The van der Waals surface area contributed by atoms with Gasteiger partial charge in [0.25, 0.3) is 5.56 Å². The number of rotatable bonds is 36. The van der Waals surface area contributed by atoms with E-state index in [0.29, 0.717) is 103 Å². The van der Waals surface area contributed by atoms with Crippen LogP contribution >= 0.6 is 0 Å². The van der Waals surface area contributed by atoms with Gasteiger partial charge in [0.05, 0.1) is 87.4 Å². The number of carbonyl (C=O) groups is 8. The molecular formula is C74H93FN10O17. The van der Waals surface area contributed by atoms with E-state index in [1.807, 2.05) is 25.1 Å². The molecule has 4 aliphatic rings. The second-order valence-electron chi connectivity index (χ2n) is 26.3.